The van der Waals surface area contributed by atoms with Gasteiger partial charge in [0.1, 0.15) is 22.6 Å². The van der Waals surface area contributed by atoms with Gasteiger partial charge in [0.25, 0.3) is 11.8 Å². The highest BCUT2D eigenvalue weighted by Crippen LogP contribution is 2.38. The van der Waals surface area contributed by atoms with Gasteiger partial charge in [0.15, 0.2) is 0 Å². The standard InChI is InChI=1S/C27H25F3N8O3S/c1-3-16-9-19(38(37-31)26(41)32-2)7-6-18(16)13-34-25(40)21-11-20(35-14-36-21)24(39)33-12-15-4-5-17-10-23(27(28,29)30)42-22(17)8-15/h4-11,14,31H,3,12-13H2,1-2H3,(H,32,41)(H,33,39)(H,34,40). The molecule has 4 amide bonds. The average Bonchev–Trinajstić information content (AvgIpc) is 3.43. The molecule has 0 radical (unpaired) electrons. The number of hydrogen-bond acceptors (Lipinski definition) is 8. The fraction of sp³-hybridized carbons (Fsp3) is 0.222. The molecule has 0 saturated heterocycles. The lowest BCUT2D eigenvalue weighted by atomic mass is 10.0. The number of nitrogens with zero attached hydrogens (tertiary/aromatic N) is 4. The predicted molar refractivity (Wildman–Crippen MR) is 149 cm³/mol. The van der Waals surface area contributed by atoms with Crippen molar-refractivity contribution in [1.29, 1.82) is 5.53 Å². The van der Waals surface area contributed by atoms with Crippen LogP contribution >= 0.6 is 11.3 Å². The van der Waals surface area contributed by atoms with Crippen LogP contribution in [0, 0.1) is 5.53 Å². The number of fused-ring (bicyclic) bond motifs is 1. The van der Waals surface area contributed by atoms with Crippen molar-refractivity contribution in [3.63, 3.8) is 0 Å². The zero-order valence-electron chi connectivity index (χ0n) is 22.4. The molecule has 4 aromatic rings. The molecule has 0 spiro atoms. The van der Waals surface area contributed by atoms with Crippen molar-refractivity contribution in [2.24, 2.45) is 5.22 Å². The second-order valence-electron chi connectivity index (χ2n) is 8.91. The van der Waals surface area contributed by atoms with E-state index in [-0.39, 0.29) is 24.5 Å². The first-order valence-electron chi connectivity index (χ1n) is 12.5. The first-order chi connectivity index (χ1) is 20.0. The summed E-state index contributed by atoms with van der Waals surface area (Å²) in [7, 11) is 1.43. The average molecular weight is 599 g/mol. The predicted octanol–water partition coefficient (Wildman–Crippen LogP) is 5.22. The first-order valence-corrected chi connectivity index (χ1v) is 13.3. The lowest BCUT2D eigenvalue weighted by Gasteiger charge is -2.17. The summed E-state index contributed by atoms with van der Waals surface area (Å²) in [6.45, 7) is 2.08. The van der Waals surface area contributed by atoms with Crippen LogP contribution in [0.2, 0.25) is 0 Å². The normalized spacial score (nSPS) is 11.2. The van der Waals surface area contributed by atoms with Gasteiger partial charge in [-0.05, 0) is 52.8 Å². The molecule has 2 aromatic heterocycles. The van der Waals surface area contributed by atoms with E-state index in [1.54, 1.807) is 36.4 Å². The van der Waals surface area contributed by atoms with Gasteiger partial charge in [0.2, 0.25) is 0 Å². The topological polar surface area (TPSA) is 153 Å². The highest BCUT2D eigenvalue weighted by atomic mass is 32.1. The van der Waals surface area contributed by atoms with Crippen molar-refractivity contribution < 1.29 is 27.6 Å². The third-order valence-corrected chi connectivity index (χ3v) is 7.35. The summed E-state index contributed by atoms with van der Waals surface area (Å²) in [5.41, 5.74) is 9.76. The van der Waals surface area contributed by atoms with Gasteiger partial charge in [-0.15, -0.1) is 11.3 Å². The first kappa shape index (κ1) is 30.0. The molecule has 42 heavy (non-hydrogen) atoms. The maximum absolute atomic E-state index is 13.0. The van der Waals surface area contributed by atoms with E-state index in [1.807, 2.05) is 6.92 Å². The second kappa shape index (κ2) is 12.7. The number of nitrogens with one attached hydrogen (secondary N) is 4. The minimum Gasteiger partial charge on any atom is -0.347 e. The molecule has 218 valence electrons. The van der Waals surface area contributed by atoms with Gasteiger partial charge in [-0.3, -0.25) is 9.59 Å². The highest BCUT2D eigenvalue weighted by molar-refractivity contribution is 7.19. The minimum atomic E-state index is -4.42. The Morgan fingerprint density at radius 1 is 0.952 bits per heavy atom. The fourth-order valence-corrected chi connectivity index (χ4v) is 5.04. The number of aromatic nitrogens is 2. The van der Waals surface area contributed by atoms with Crippen molar-refractivity contribution in [3.8, 4) is 0 Å². The number of amides is 4. The third-order valence-electron chi connectivity index (χ3n) is 6.21. The molecule has 0 aliphatic carbocycles. The van der Waals surface area contributed by atoms with Gasteiger partial charge in [0, 0.05) is 30.9 Å². The molecule has 0 saturated carbocycles. The van der Waals surface area contributed by atoms with Gasteiger partial charge >= 0.3 is 12.2 Å². The van der Waals surface area contributed by atoms with E-state index < -0.39 is 28.9 Å². The molecule has 2 aromatic carbocycles. The summed E-state index contributed by atoms with van der Waals surface area (Å²) in [6, 6.07) is 11.6. The van der Waals surface area contributed by atoms with Crippen molar-refractivity contribution in [1.82, 2.24) is 25.9 Å². The van der Waals surface area contributed by atoms with Crippen LogP contribution < -0.4 is 21.0 Å². The highest BCUT2D eigenvalue weighted by Gasteiger charge is 2.32. The Bertz CT molecular complexity index is 1660. The van der Waals surface area contributed by atoms with Crippen LogP contribution in [0.3, 0.4) is 0 Å². The van der Waals surface area contributed by atoms with Crippen molar-refractivity contribution in [2.75, 3.05) is 12.1 Å². The van der Waals surface area contributed by atoms with Crippen molar-refractivity contribution >= 4 is 45.0 Å². The molecular formula is C27H25F3N8O3S. The van der Waals surface area contributed by atoms with Crippen LogP contribution in [0.4, 0.5) is 23.7 Å². The zero-order valence-corrected chi connectivity index (χ0v) is 23.2. The number of carbonyl (C=O) groups is 3. The Morgan fingerprint density at radius 2 is 1.64 bits per heavy atom. The van der Waals surface area contributed by atoms with Gasteiger partial charge in [0.05, 0.1) is 5.69 Å². The number of hydrogen-bond donors (Lipinski definition) is 4. The van der Waals surface area contributed by atoms with E-state index in [4.69, 9.17) is 5.53 Å². The van der Waals surface area contributed by atoms with E-state index in [2.05, 4.69) is 31.1 Å². The number of benzene rings is 2. The number of aryl methyl sites for hydroxylation is 1. The van der Waals surface area contributed by atoms with Crippen LogP contribution in [0.1, 0.15) is 49.5 Å². The van der Waals surface area contributed by atoms with Crippen molar-refractivity contribution in [2.45, 2.75) is 32.6 Å². The quantitative estimate of drug-likeness (QED) is 0.154. The summed E-state index contributed by atoms with van der Waals surface area (Å²) < 4.78 is 39.5. The maximum atomic E-state index is 13.0. The molecule has 0 bridgehead atoms. The molecule has 0 aliphatic rings. The largest absolute Gasteiger partial charge is 0.425 e. The summed E-state index contributed by atoms with van der Waals surface area (Å²) in [5.74, 6) is -1.13. The van der Waals surface area contributed by atoms with Crippen LogP contribution in [0.25, 0.3) is 10.1 Å². The van der Waals surface area contributed by atoms with E-state index in [9.17, 15) is 27.6 Å². The number of carbonyl (C=O) groups excluding carboxylic acids is 3. The Labute approximate surface area is 241 Å². The van der Waals surface area contributed by atoms with Gasteiger partial charge in [-0.25, -0.2) is 14.8 Å². The van der Waals surface area contributed by atoms with Crippen LogP contribution in [0.15, 0.2) is 60.1 Å². The summed E-state index contributed by atoms with van der Waals surface area (Å²) in [4.78, 5) is 44.6. The number of thiophene rings is 1. The summed E-state index contributed by atoms with van der Waals surface area (Å²) in [6.07, 6.45) is -2.75. The smallest absolute Gasteiger partial charge is 0.347 e. The van der Waals surface area contributed by atoms with E-state index in [0.717, 1.165) is 28.5 Å². The number of urea groups is 1. The monoisotopic (exact) mass is 598 g/mol. The molecule has 0 fully saturated rings. The van der Waals surface area contributed by atoms with Crippen LogP contribution in [-0.4, -0.2) is 34.9 Å². The number of alkyl halides is 3. The van der Waals surface area contributed by atoms with Gasteiger partial charge in [-0.2, -0.15) is 23.7 Å². The molecular weight excluding hydrogens is 573 g/mol. The molecule has 4 N–H and O–H groups in total. The Kier molecular flexibility index (Phi) is 9.10. The number of rotatable bonds is 9. The SMILES string of the molecule is CCc1cc(N(N=N)C(=O)NC)ccc1CNC(=O)c1cc(C(=O)NCc2ccc3cc(C(F)(F)F)sc3c2)ncn1. The van der Waals surface area contributed by atoms with Crippen LogP contribution in [0.5, 0.6) is 0 Å². The Hall–Kier alpha value is -4.92. The molecule has 0 aliphatic heterocycles. The molecule has 15 heteroatoms. The molecule has 4 rings (SSSR count). The minimum absolute atomic E-state index is 0.0386. The van der Waals surface area contributed by atoms with E-state index in [0.29, 0.717) is 39.1 Å². The van der Waals surface area contributed by atoms with E-state index in [1.165, 1.54) is 13.1 Å². The number of anilines is 1. The lowest BCUT2D eigenvalue weighted by molar-refractivity contribution is -0.134. The van der Waals surface area contributed by atoms with Gasteiger partial charge in [-0.1, -0.05) is 30.3 Å². The van der Waals surface area contributed by atoms with Crippen molar-refractivity contribution in [3.05, 3.63) is 87.8 Å². The molecule has 11 nitrogen and oxygen atoms in total. The second-order valence-corrected chi connectivity index (χ2v) is 9.99. The molecule has 0 atom stereocenters. The summed E-state index contributed by atoms with van der Waals surface area (Å²) >= 11 is 0.632. The van der Waals surface area contributed by atoms with E-state index >= 15 is 0 Å². The third kappa shape index (κ3) is 6.86. The lowest BCUT2D eigenvalue weighted by Crippen LogP contribution is -2.33. The zero-order chi connectivity index (χ0) is 30.4. The Morgan fingerprint density at radius 3 is 2.26 bits per heavy atom. The molecule has 0 unspecified atom stereocenters. The van der Waals surface area contributed by atoms with Gasteiger partial charge < -0.3 is 16.0 Å². The van der Waals surface area contributed by atoms with Crippen LogP contribution in [-0.2, 0) is 25.7 Å². The number of halogens is 3. The fourth-order valence-electron chi connectivity index (χ4n) is 4.04. The Balaban J connectivity index is 1.39. The summed E-state index contributed by atoms with van der Waals surface area (Å²) in [5, 5.41) is 12.4. The molecule has 2 heterocycles. The maximum Gasteiger partial charge on any atom is 0.425 e.